The van der Waals surface area contributed by atoms with Crippen LogP contribution in [0.15, 0.2) is 28.8 Å². The largest absolute Gasteiger partial charge is 0.357 e. The number of nitrogens with zero attached hydrogens (tertiary/aromatic N) is 5. The van der Waals surface area contributed by atoms with Gasteiger partial charge in [-0.1, -0.05) is 6.07 Å². The van der Waals surface area contributed by atoms with Crippen molar-refractivity contribution in [1.82, 2.24) is 25.0 Å². The third-order valence-corrected chi connectivity index (χ3v) is 4.08. The van der Waals surface area contributed by atoms with Crippen molar-refractivity contribution >= 4 is 41.3 Å². The Balaban J connectivity index is 0.00000242. The molecule has 6 nitrogen and oxygen atoms in total. The minimum absolute atomic E-state index is 0. The van der Waals surface area contributed by atoms with Crippen molar-refractivity contribution in [3.63, 3.8) is 0 Å². The molecule has 22 heavy (non-hydrogen) atoms. The Hall–Kier alpha value is -1.16. The number of guanidine groups is 1. The highest BCUT2D eigenvalue weighted by atomic mass is 127. The monoisotopic (exact) mass is 434 g/mol. The molecule has 2 rings (SSSR count). The average Bonchev–Trinajstić information content (AvgIpc) is 3.12. The molecule has 1 N–H and O–H groups in total. The van der Waals surface area contributed by atoms with Gasteiger partial charge in [0.15, 0.2) is 5.96 Å². The van der Waals surface area contributed by atoms with Crippen LogP contribution in [0.5, 0.6) is 0 Å². The molecule has 122 valence electrons. The molecule has 0 radical (unpaired) electrons. The Morgan fingerprint density at radius 2 is 2.32 bits per heavy atom. The summed E-state index contributed by atoms with van der Waals surface area (Å²) in [6.45, 7) is 4.39. The van der Waals surface area contributed by atoms with Gasteiger partial charge in [-0.05, 0) is 24.8 Å². The number of hydrogen-bond donors (Lipinski definition) is 1. The Morgan fingerprint density at radius 1 is 1.50 bits per heavy atom. The van der Waals surface area contributed by atoms with Gasteiger partial charge < -0.3 is 10.2 Å². The van der Waals surface area contributed by atoms with E-state index in [4.69, 9.17) is 0 Å². The van der Waals surface area contributed by atoms with Gasteiger partial charge in [0.2, 0.25) is 0 Å². The van der Waals surface area contributed by atoms with Crippen molar-refractivity contribution in [3.05, 3.63) is 34.5 Å². The third kappa shape index (κ3) is 5.56. The van der Waals surface area contributed by atoms with E-state index in [2.05, 4.69) is 56.8 Å². The van der Waals surface area contributed by atoms with Crippen molar-refractivity contribution in [2.75, 3.05) is 20.1 Å². The molecular formula is C14H23IN6S. The Morgan fingerprint density at radius 3 is 2.91 bits per heavy atom. The molecule has 0 aliphatic carbocycles. The van der Waals surface area contributed by atoms with Crippen LogP contribution in [-0.2, 0) is 20.0 Å². The maximum absolute atomic E-state index is 4.63. The minimum atomic E-state index is 0. The molecular weight excluding hydrogens is 411 g/mol. The summed E-state index contributed by atoms with van der Waals surface area (Å²) in [4.78, 5) is 12.4. The highest BCUT2D eigenvalue weighted by molar-refractivity contribution is 14.0. The van der Waals surface area contributed by atoms with Gasteiger partial charge in [-0.3, -0.25) is 4.68 Å². The predicted molar refractivity (Wildman–Crippen MR) is 102 cm³/mol. The van der Waals surface area contributed by atoms with Gasteiger partial charge in [0.05, 0.1) is 0 Å². The Kier molecular flexibility index (Phi) is 8.39. The van der Waals surface area contributed by atoms with Crippen LogP contribution in [0.25, 0.3) is 0 Å². The summed E-state index contributed by atoms with van der Waals surface area (Å²) in [5.41, 5.74) is 0. The lowest BCUT2D eigenvalue weighted by Crippen LogP contribution is -2.39. The molecule has 0 saturated carbocycles. The zero-order chi connectivity index (χ0) is 15.1. The summed E-state index contributed by atoms with van der Waals surface area (Å²) < 4.78 is 1.75. The molecule has 2 aromatic heterocycles. The number of likely N-dealkylation sites (N-methyl/N-ethyl adjacent to an activating group) is 1. The molecule has 0 saturated heterocycles. The molecule has 0 fully saturated rings. The number of aromatic nitrogens is 3. The Labute approximate surface area is 152 Å². The first-order chi connectivity index (χ1) is 10.2. The molecule has 0 aliphatic rings. The van der Waals surface area contributed by atoms with E-state index in [9.17, 15) is 0 Å². The highest BCUT2D eigenvalue weighted by Crippen LogP contribution is 2.09. The van der Waals surface area contributed by atoms with Crippen LogP contribution >= 0.6 is 35.3 Å². The van der Waals surface area contributed by atoms with E-state index in [0.29, 0.717) is 6.54 Å². The second kappa shape index (κ2) is 9.78. The first kappa shape index (κ1) is 18.9. The molecule has 2 aromatic rings. The van der Waals surface area contributed by atoms with Crippen LogP contribution in [0.3, 0.4) is 0 Å². The summed E-state index contributed by atoms with van der Waals surface area (Å²) in [5, 5.41) is 9.49. The fraction of sp³-hybridized carbons (Fsp3) is 0.500. The molecule has 0 atom stereocenters. The van der Waals surface area contributed by atoms with E-state index >= 15 is 0 Å². The minimum Gasteiger partial charge on any atom is -0.357 e. The van der Waals surface area contributed by atoms with Crippen molar-refractivity contribution in [2.45, 2.75) is 19.9 Å². The third-order valence-electron chi connectivity index (χ3n) is 3.15. The Bertz CT molecular complexity index is 566. The van der Waals surface area contributed by atoms with Crippen LogP contribution in [-0.4, -0.2) is 45.8 Å². The van der Waals surface area contributed by atoms with E-state index in [1.165, 1.54) is 4.88 Å². The van der Waals surface area contributed by atoms with Crippen LogP contribution in [0.1, 0.15) is 17.6 Å². The van der Waals surface area contributed by atoms with Gasteiger partial charge in [-0.25, -0.2) is 9.98 Å². The van der Waals surface area contributed by atoms with Crippen LogP contribution in [0.2, 0.25) is 0 Å². The highest BCUT2D eigenvalue weighted by Gasteiger charge is 2.07. The van der Waals surface area contributed by atoms with Gasteiger partial charge in [0, 0.05) is 32.1 Å². The SMILES string of the molecule is CCNC(=NCc1ncnn1C)N(C)CCc1cccs1.I. The van der Waals surface area contributed by atoms with Crippen molar-refractivity contribution < 1.29 is 0 Å². The van der Waals surface area contributed by atoms with E-state index in [0.717, 1.165) is 31.3 Å². The zero-order valence-corrected chi connectivity index (χ0v) is 16.3. The van der Waals surface area contributed by atoms with Crippen molar-refractivity contribution in [3.8, 4) is 0 Å². The predicted octanol–water partition coefficient (Wildman–Crippen LogP) is 2.13. The van der Waals surface area contributed by atoms with Crippen LogP contribution in [0.4, 0.5) is 0 Å². The molecule has 0 aromatic carbocycles. The molecule has 0 spiro atoms. The zero-order valence-electron chi connectivity index (χ0n) is 13.2. The number of rotatable bonds is 6. The lowest BCUT2D eigenvalue weighted by molar-refractivity contribution is 0.485. The lowest BCUT2D eigenvalue weighted by Gasteiger charge is -2.21. The first-order valence-corrected chi connectivity index (χ1v) is 7.93. The fourth-order valence-electron chi connectivity index (χ4n) is 1.92. The quantitative estimate of drug-likeness (QED) is 0.430. The summed E-state index contributed by atoms with van der Waals surface area (Å²) >= 11 is 1.79. The summed E-state index contributed by atoms with van der Waals surface area (Å²) in [6.07, 6.45) is 2.58. The maximum Gasteiger partial charge on any atom is 0.194 e. The second-order valence-corrected chi connectivity index (χ2v) is 5.75. The molecule has 0 amide bonds. The maximum atomic E-state index is 4.63. The topological polar surface area (TPSA) is 58.3 Å². The molecule has 0 aliphatic heterocycles. The fourth-order valence-corrected chi connectivity index (χ4v) is 2.62. The van der Waals surface area contributed by atoms with Gasteiger partial charge in [-0.15, -0.1) is 35.3 Å². The molecule has 8 heteroatoms. The standard InChI is InChI=1S/C14H22N6S.HI/c1-4-15-14(16-10-13-17-11-18-20(13)3)19(2)8-7-12-6-5-9-21-12;/h5-6,9,11H,4,7-8,10H2,1-3H3,(H,15,16);1H. The molecule has 2 heterocycles. The van der Waals surface area contributed by atoms with Gasteiger partial charge in [0.1, 0.15) is 18.7 Å². The van der Waals surface area contributed by atoms with Gasteiger partial charge in [0.25, 0.3) is 0 Å². The number of nitrogens with one attached hydrogen (secondary N) is 1. The smallest absolute Gasteiger partial charge is 0.194 e. The lowest BCUT2D eigenvalue weighted by atomic mass is 10.3. The molecule has 0 unspecified atom stereocenters. The van der Waals surface area contributed by atoms with Crippen molar-refractivity contribution in [1.29, 1.82) is 0 Å². The van der Waals surface area contributed by atoms with E-state index in [1.54, 1.807) is 22.3 Å². The van der Waals surface area contributed by atoms with Gasteiger partial charge >= 0.3 is 0 Å². The van der Waals surface area contributed by atoms with E-state index in [-0.39, 0.29) is 24.0 Å². The number of aryl methyl sites for hydroxylation is 1. The number of hydrogen-bond acceptors (Lipinski definition) is 4. The first-order valence-electron chi connectivity index (χ1n) is 7.05. The average molecular weight is 434 g/mol. The number of halogens is 1. The van der Waals surface area contributed by atoms with E-state index in [1.807, 2.05) is 7.05 Å². The number of aliphatic imine (C=N–C) groups is 1. The summed E-state index contributed by atoms with van der Waals surface area (Å²) in [6, 6.07) is 4.26. The van der Waals surface area contributed by atoms with Gasteiger partial charge in [-0.2, -0.15) is 5.10 Å². The summed E-state index contributed by atoms with van der Waals surface area (Å²) in [7, 11) is 3.94. The van der Waals surface area contributed by atoms with Crippen LogP contribution in [0, 0.1) is 0 Å². The van der Waals surface area contributed by atoms with E-state index < -0.39 is 0 Å². The summed E-state index contributed by atoms with van der Waals surface area (Å²) in [5.74, 6) is 1.76. The van der Waals surface area contributed by atoms with Crippen molar-refractivity contribution in [2.24, 2.45) is 12.0 Å². The second-order valence-electron chi connectivity index (χ2n) is 4.72. The number of thiophene rings is 1. The van der Waals surface area contributed by atoms with Crippen LogP contribution < -0.4 is 5.32 Å². The molecule has 0 bridgehead atoms. The normalized spacial score (nSPS) is 11.1.